The van der Waals surface area contributed by atoms with Crippen LogP contribution in [-0.4, -0.2) is 34.1 Å². The van der Waals surface area contributed by atoms with Gasteiger partial charge in [0.15, 0.2) is 0 Å². The number of carbonyl (C=O) groups is 2. The second-order valence-corrected chi connectivity index (χ2v) is 16.0. The molecule has 1 amide bonds. The van der Waals surface area contributed by atoms with E-state index in [-0.39, 0.29) is 30.1 Å². The van der Waals surface area contributed by atoms with E-state index in [0.717, 1.165) is 81.5 Å². The van der Waals surface area contributed by atoms with Crippen molar-refractivity contribution in [2.75, 3.05) is 6.54 Å². The maximum Gasteiger partial charge on any atom is 0.311 e. The maximum absolute atomic E-state index is 12.9. The van der Waals surface area contributed by atoms with E-state index in [2.05, 4.69) is 51.8 Å². The van der Waals surface area contributed by atoms with Gasteiger partial charge in [0, 0.05) is 35.6 Å². The molecule has 3 atom stereocenters. The third-order valence-corrected chi connectivity index (χ3v) is 11.1. The molecule has 1 aromatic heterocycles. The van der Waals surface area contributed by atoms with Crippen LogP contribution in [0.2, 0.25) is 0 Å². The zero-order valence-electron chi connectivity index (χ0n) is 32.2. The number of H-pyrrole nitrogens is 1. The van der Waals surface area contributed by atoms with E-state index in [1.807, 2.05) is 26.1 Å². The molecule has 0 spiro atoms. The quantitative estimate of drug-likeness (QED) is 0.0860. The van der Waals surface area contributed by atoms with E-state index >= 15 is 0 Å². The van der Waals surface area contributed by atoms with Gasteiger partial charge in [-0.2, -0.15) is 0 Å². The van der Waals surface area contributed by atoms with Crippen LogP contribution in [0.25, 0.3) is 10.9 Å². The van der Waals surface area contributed by atoms with E-state index in [4.69, 9.17) is 9.47 Å². The molecule has 1 aliphatic heterocycles. The Hall–Kier alpha value is -3.48. The number of hydrogen-bond acceptors (Lipinski definition) is 5. The van der Waals surface area contributed by atoms with Crippen LogP contribution in [0.5, 0.6) is 17.2 Å². The SMILES string of the molecule is Cc1c(C)c2c(c(C)c1OC(=O)CCC(=O)NCCc1c[nH]c3ccc(O)cc13)CCC(C)(CCCC(C)CCCC(C)CCCC(C)C)O2. The molecule has 4 rings (SSSR count). The Morgan fingerprint density at radius 3 is 2.32 bits per heavy atom. The summed E-state index contributed by atoms with van der Waals surface area (Å²) in [6.45, 7) is 18.2. The predicted molar refractivity (Wildman–Crippen MR) is 204 cm³/mol. The molecule has 0 saturated carbocycles. The summed E-state index contributed by atoms with van der Waals surface area (Å²) < 4.78 is 12.7. The van der Waals surface area contributed by atoms with Crippen molar-refractivity contribution in [3.63, 3.8) is 0 Å². The van der Waals surface area contributed by atoms with Gasteiger partial charge in [0.05, 0.1) is 6.42 Å². The van der Waals surface area contributed by atoms with Gasteiger partial charge in [-0.15, -0.1) is 0 Å². The van der Waals surface area contributed by atoms with E-state index in [0.29, 0.717) is 18.7 Å². The van der Waals surface area contributed by atoms with Gasteiger partial charge in [0.2, 0.25) is 5.91 Å². The number of amides is 1. The molecular weight excluding hydrogens is 624 g/mol. The average molecular weight is 689 g/mol. The summed E-state index contributed by atoms with van der Waals surface area (Å²) in [7, 11) is 0. The summed E-state index contributed by atoms with van der Waals surface area (Å²) in [4.78, 5) is 28.6. The molecule has 2 heterocycles. The van der Waals surface area contributed by atoms with Gasteiger partial charge in [0.25, 0.3) is 0 Å². The molecule has 3 aromatic rings. The summed E-state index contributed by atoms with van der Waals surface area (Å²) in [6, 6.07) is 5.19. The van der Waals surface area contributed by atoms with Gasteiger partial charge < -0.3 is 24.9 Å². The Balaban J connectivity index is 1.21. The molecule has 7 nitrogen and oxygen atoms in total. The Kier molecular flexibility index (Phi) is 14.3. The van der Waals surface area contributed by atoms with Crippen LogP contribution >= 0.6 is 0 Å². The van der Waals surface area contributed by atoms with Crippen molar-refractivity contribution in [1.82, 2.24) is 10.3 Å². The summed E-state index contributed by atoms with van der Waals surface area (Å²) in [5, 5.41) is 13.6. The highest BCUT2D eigenvalue weighted by Gasteiger charge is 2.35. The first kappa shape index (κ1) is 39.3. The minimum absolute atomic E-state index is 0.00607. The number of aromatic amines is 1. The second kappa shape index (κ2) is 18.1. The molecular formula is C43H64N2O5. The summed E-state index contributed by atoms with van der Waals surface area (Å²) in [6.07, 6.45) is 16.0. The first-order valence-corrected chi connectivity index (χ1v) is 19.3. The first-order chi connectivity index (χ1) is 23.8. The molecule has 276 valence electrons. The van der Waals surface area contributed by atoms with Gasteiger partial charge in [-0.1, -0.05) is 72.6 Å². The molecule has 7 heteroatoms. The van der Waals surface area contributed by atoms with Crippen molar-refractivity contribution in [2.45, 2.75) is 151 Å². The van der Waals surface area contributed by atoms with Crippen LogP contribution in [0.15, 0.2) is 24.4 Å². The Labute approximate surface area is 301 Å². The highest BCUT2D eigenvalue weighted by atomic mass is 16.5. The molecule has 0 bridgehead atoms. The lowest BCUT2D eigenvalue weighted by atomic mass is 9.83. The zero-order valence-corrected chi connectivity index (χ0v) is 32.2. The highest BCUT2D eigenvalue weighted by molar-refractivity contribution is 5.85. The Morgan fingerprint density at radius 1 is 0.940 bits per heavy atom. The fraction of sp³-hybridized carbons (Fsp3) is 0.628. The molecule has 3 unspecified atom stereocenters. The standard InChI is InChI=1S/C43H64N2O5/c1-28(2)12-9-13-29(3)14-10-15-30(4)16-11-23-43(8)24-21-36-33(7)41(31(5)32(6)42(36)50-43)49-40(48)20-19-39(47)44-25-22-34-27-45-38-18-17-35(46)26-37(34)38/h17-18,26-30,45-46H,9-16,19-25H2,1-8H3,(H,44,47). The summed E-state index contributed by atoms with van der Waals surface area (Å²) in [5.74, 6) is 3.57. The minimum Gasteiger partial charge on any atom is -0.508 e. The van der Waals surface area contributed by atoms with Crippen molar-refractivity contribution < 1.29 is 24.2 Å². The van der Waals surface area contributed by atoms with Crippen molar-refractivity contribution in [3.05, 3.63) is 52.2 Å². The molecule has 0 fully saturated rings. The number of aromatic hydroxyl groups is 1. The molecule has 1 aliphatic rings. The smallest absolute Gasteiger partial charge is 0.311 e. The lowest BCUT2D eigenvalue weighted by molar-refractivity contribution is -0.136. The van der Waals surface area contributed by atoms with Crippen LogP contribution in [0.4, 0.5) is 0 Å². The van der Waals surface area contributed by atoms with Gasteiger partial charge >= 0.3 is 5.97 Å². The van der Waals surface area contributed by atoms with Crippen molar-refractivity contribution in [2.24, 2.45) is 17.8 Å². The number of nitrogens with one attached hydrogen (secondary N) is 2. The topological polar surface area (TPSA) is 101 Å². The average Bonchev–Trinajstić information content (AvgIpc) is 3.46. The van der Waals surface area contributed by atoms with Gasteiger partial charge in [0.1, 0.15) is 22.8 Å². The van der Waals surface area contributed by atoms with Crippen LogP contribution in [-0.2, 0) is 22.4 Å². The fourth-order valence-corrected chi connectivity index (χ4v) is 7.59. The summed E-state index contributed by atoms with van der Waals surface area (Å²) >= 11 is 0. The fourth-order valence-electron chi connectivity index (χ4n) is 7.59. The van der Waals surface area contributed by atoms with E-state index < -0.39 is 5.97 Å². The third-order valence-electron chi connectivity index (χ3n) is 11.1. The number of ether oxygens (including phenoxy) is 2. The monoisotopic (exact) mass is 688 g/mol. The van der Waals surface area contributed by atoms with Gasteiger partial charge in [-0.25, -0.2) is 0 Å². The van der Waals surface area contributed by atoms with Crippen molar-refractivity contribution >= 4 is 22.8 Å². The molecule has 0 aliphatic carbocycles. The molecule has 2 aromatic carbocycles. The number of benzene rings is 2. The Bertz CT molecular complexity index is 1590. The number of hydrogen-bond donors (Lipinski definition) is 3. The lowest BCUT2D eigenvalue weighted by Crippen LogP contribution is -2.37. The van der Waals surface area contributed by atoms with E-state index in [1.54, 1.807) is 12.1 Å². The number of phenolic OH excluding ortho intramolecular Hbond substituents is 1. The summed E-state index contributed by atoms with van der Waals surface area (Å²) in [5.41, 5.74) is 5.80. The molecule has 3 N–H and O–H groups in total. The number of esters is 1. The number of rotatable bonds is 19. The normalized spacial score (nSPS) is 17.0. The van der Waals surface area contributed by atoms with Crippen LogP contribution in [0.3, 0.4) is 0 Å². The number of phenols is 1. The highest BCUT2D eigenvalue weighted by Crippen LogP contribution is 2.45. The number of carbonyl (C=O) groups excluding carboxylic acids is 2. The van der Waals surface area contributed by atoms with E-state index in [1.165, 1.54) is 51.4 Å². The maximum atomic E-state index is 12.9. The van der Waals surface area contributed by atoms with Gasteiger partial charge in [-0.05, 0) is 118 Å². The second-order valence-electron chi connectivity index (χ2n) is 16.0. The largest absolute Gasteiger partial charge is 0.508 e. The molecule has 50 heavy (non-hydrogen) atoms. The molecule has 0 saturated heterocycles. The van der Waals surface area contributed by atoms with Crippen LogP contribution in [0.1, 0.15) is 139 Å². The lowest BCUT2D eigenvalue weighted by Gasteiger charge is -2.38. The predicted octanol–water partition coefficient (Wildman–Crippen LogP) is 10.4. The first-order valence-electron chi connectivity index (χ1n) is 19.3. The van der Waals surface area contributed by atoms with Crippen molar-refractivity contribution in [3.8, 4) is 17.2 Å². The zero-order chi connectivity index (χ0) is 36.4. The van der Waals surface area contributed by atoms with Gasteiger partial charge in [-0.3, -0.25) is 9.59 Å². The van der Waals surface area contributed by atoms with Crippen molar-refractivity contribution in [1.29, 1.82) is 0 Å². The van der Waals surface area contributed by atoms with E-state index in [9.17, 15) is 14.7 Å². The Morgan fingerprint density at radius 2 is 1.62 bits per heavy atom. The number of fused-ring (bicyclic) bond motifs is 2. The third kappa shape index (κ3) is 11.0. The van der Waals surface area contributed by atoms with Crippen LogP contribution < -0.4 is 14.8 Å². The van der Waals surface area contributed by atoms with Crippen LogP contribution in [0, 0.1) is 38.5 Å². The minimum atomic E-state index is -0.408. The number of aromatic nitrogens is 1. The molecule has 0 radical (unpaired) electrons.